The lowest BCUT2D eigenvalue weighted by Gasteiger charge is -2.04. The molecule has 1 heterocycles. The van der Waals surface area contributed by atoms with Gasteiger partial charge in [0.1, 0.15) is 0 Å². The molecule has 3 rings (SSSR count). The van der Waals surface area contributed by atoms with E-state index in [-0.39, 0.29) is 0 Å². The minimum atomic E-state index is 0.785. The first-order valence-corrected chi connectivity index (χ1v) is 6.42. The second-order valence-corrected chi connectivity index (χ2v) is 5.04. The highest BCUT2D eigenvalue weighted by atomic mass is 35.5. The SMILES string of the molecule is Cc1ccccc1Cc1c[nH]c2ccc(Cl)cc12. The molecule has 0 aliphatic carbocycles. The topological polar surface area (TPSA) is 15.8 Å². The fourth-order valence-corrected chi connectivity index (χ4v) is 2.48. The third kappa shape index (κ3) is 2.02. The first-order valence-electron chi connectivity index (χ1n) is 6.04. The third-order valence-corrected chi connectivity index (χ3v) is 3.61. The van der Waals surface area contributed by atoms with E-state index in [0.717, 1.165) is 17.0 Å². The Kier molecular flexibility index (Phi) is 2.85. The van der Waals surface area contributed by atoms with Gasteiger partial charge >= 0.3 is 0 Å². The minimum absolute atomic E-state index is 0.785. The number of aryl methyl sites for hydroxylation is 1. The molecule has 0 bridgehead atoms. The van der Waals surface area contributed by atoms with Crippen LogP contribution in [-0.4, -0.2) is 4.98 Å². The van der Waals surface area contributed by atoms with E-state index in [1.165, 1.54) is 22.1 Å². The van der Waals surface area contributed by atoms with Crippen molar-refractivity contribution < 1.29 is 0 Å². The Bertz CT molecular complexity index is 697. The Balaban J connectivity index is 2.05. The van der Waals surface area contributed by atoms with Crippen LogP contribution in [0.5, 0.6) is 0 Å². The van der Waals surface area contributed by atoms with E-state index < -0.39 is 0 Å². The Morgan fingerprint density at radius 3 is 2.72 bits per heavy atom. The number of benzene rings is 2. The van der Waals surface area contributed by atoms with Crippen LogP contribution in [0.3, 0.4) is 0 Å². The summed E-state index contributed by atoms with van der Waals surface area (Å²) in [6, 6.07) is 14.5. The van der Waals surface area contributed by atoms with Gasteiger partial charge in [-0.2, -0.15) is 0 Å². The highest BCUT2D eigenvalue weighted by molar-refractivity contribution is 6.31. The van der Waals surface area contributed by atoms with Crippen molar-refractivity contribution in [3.05, 3.63) is 70.4 Å². The lowest BCUT2D eigenvalue weighted by atomic mass is 10.0. The Labute approximate surface area is 111 Å². The first-order chi connectivity index (χ1) is 8.74. The number of fused-ring (bicyclic) bond motifs is 1. The smallest absolute Gasteiger partial charge is 0.0457 e. The molecular weight excluding hydrogens is 242 g/mol. The normalized spacial score (nSPS) is 11.0. The number of aromatic nitrogens is 1. The average Bonchev–Trinajstić information content (AvgIpc) is 2.75. The van der Waals surface area contributed by atoms with Crippen molar-refractivity contribution in [1.82, 2.24) is 4.98 Å². The quantitative estimate of drug-likeness (QED) is 0.682. The van der Waals surface area contributed by atoms with Gasteiger partial charge in [-0.25, -0.2) is 0 Å². The second-order valence-electron chi connectivity index (χ2n) is 4.61. The molecule has 1 nitrogen and oxygen atoms in total. The number of rotatable bonds is 2. The highest BCUT2D eigenvalue weighted by Crippen LogP contribution is 2.25. The number of halogens is 1. The zero-order chi connectivity index (χ0) is 12.5. The fraction of sp³-hybridized carbons (Fsp3) is 0.125. The van der Waals surface area contributed by atoms with E-state index in [4.69, 9.17) is 11.6 Å². The maximum Gasteiger partial charge on any atom is 0.0457 e. The predicted octanol–water partition coefficient (Wildman–Crippen LogP) is 4.72. The van der Waals surface area contributed by atoms with Crippen molar-refractivity contribution in [2.75, 3.05) is 0 Å². The number of hydrogen-bond acceptors (Lipinski definition) is 0. The fourth-order valence-electron chi connectivity index (χ4n) is 2.31. The standard InChI is InChI=1S/C16H14ClN/c1-11-4-2-3-5-12(11)8-13-10-18-16-7-6-14(17)9-15(13)16/h2-7,9-10,18H,8H2,1H3. The summed E-state index contributed by atoms with van der Waals surface area (Å²) >= 11 is 6.07. The highest BCUT2D eigenvalue weighted by Gasteiger charge is 2.06. The molecule has 0 aliphatic rings. The van der Waals surface area contributed by atoms with Crippen molar-refractivity contribution in [2.24, 2.45) is 0 Å². The summed E-state index contributed by atoms with van der Waals surface area (Å²) in [6.07, 6.45) is 3.01. The molecule has 0 atom stereocenters. The van der Waals surface area contributed by atoms with Crippen LogP contribution in [0, 0.1) is 6.92 Å². The molecule has 1 aromatic heterocycles. The lowest BCUT2D eigenvalue weighted by Crippen LogP contribution is -1.90. The summed E-state index contributed by atoms with van der Waals surface area (Å²) in [7, 11) is 0. The molecule has 1 N–H and O–H groups in total. The lowest BCUT2D eigenvalue weighted by molar-refractivity contribution is 1.17. The van der Waals surface area contributed by atoms with E-state index in [9.17, 15) is 0 Å². The van der Waals surface area contributed by atoms with Gasteiger partial charge in [-0.3, -0.25) is 0 Å². The molecule has 0 spiro atoms. The molecule has 0 aliphatic heterocycles. The molecule has 2 aromatic carbocycles. The van der Waals surface area contributed by atoms with Gasteiger partial charge < -0.3 is 4.98 Å². The van der Waals surface area contributed by atoms with Gasteiger partial charge in [0, 0.05) is 22.1 Å². The second kappa shape index (κ2) is 4.51. The van der Waals surface area contributed by atoms with Gasteiger partial charge in [-0.05, 0) is 48.2 Å². The van der Waals surface area contributed by atoms with Crippen molar-refractivity contribution in [1.29, 1.82) is 0 Å². The number of H-pyrrole nitrogens is 1. The molecule has 3 aromatic rings. The summed E-state index contributed by atoms with van der Waals surface area (Å²) in [6.45, 7) is 2.15. The van der Waals surface area contributed by atoms with Gasteiger partial charge in [0.25, 0.3) is 0 Å². The third-order valence-electron chi connectivity index (χ3n) is 3.37. The number of nitrogens with one attached hydrogen (secondary N) is 1. The maximum atomic E-state index is 6.07. The molecule has 0 unspecified atom stereocenters. The minimum Gasteiger partial charge on any atom is -0.361 e. The van der Waals surface area contributed by atoms with E-state index in [1.54, 1.807) is 0 Å². The largest absolute Gasteiger partial charge is 0.361 e. The van der Waals surface area contributed by atoms with Gasteiger partial charge in [0.2, 0.25) is 0 Å². The van der Waals surface area contributed by atoms with Gasteiger partial charge in [-0.1, -0.05) is 35.9 Å². The number of hydrogen-bond donors (Lipinski definition) is 1. The Morgan fingerprint density at radius 1 is 1.06 bits per heavy atom. The zero-order valence-electron chi connectivity index (χ0n) is 10.2. The van der Waals surface area contributed by atoms with Crippen LogP contribution in [0.25, 0.3) is 10.9 Å². The summed E-state index contributed by atoms with van der Waals surface area (Å²) < 4.78 is 0. The molecule has 0 saturated heterocycles. The van der Waals surface area contributed by atoms with Crippen molar-refractivity contribution in [3.63, 3.8) is 0 Å². The zero-order valence-corrected chi connectivity index (χ0v) is 11.0. The van der Waals surface area contributed by atoms with E-state index in [0.29, 0.717) is 0 Å². The average molecular weight is 256 g/mol. The van der Waals surface area contributed by atoms with Crippen LogP contribution in [0.2, 0.25) is 5.02 Å². The van der Waals surface area contributed by atoms with Gasteiger partial charge in [-0.15, -0.1) is 0 Å². The van der Waals surface area contributed by atoms with Crippen molar-refractivity contribution in [2.45, 2.75) is 13.3 Å². The van der Waals surface area contributed by atoms with Crippen molar-refractivity contribution >= 4 is 22.5 Å². The van der Waals surface area contributed by atoms with Gasteiger partial charge in [0.15, 0.2) is 0 Å². The molecule has 0 amide bonds. The van der Waals surface area contributed by atoms with Crippen LogP contribution < -0.4 is 0 Å². The van der Waals surface area contributed by atoms with Crippen LogP contribution in [-0.2, 0) is 6.42 Å². The van der Waals surface area contributed by atoms with Crippen LogP contribution in [0.4, 0.5) is 0 Å². The van der Waals surface area contributed by atoms with Crippen molar-refractivity contribution in [3.8, 4) is 0 Å². The predicted molar refractivity (Wildman–Crippen MR) is 77.3 cm³/mol. The Hall–Kier alpha value is -1.73. The Morgan fingerprint density at radius 2 is 1.89 bits per heavy atom. The van der Waals surface area contributed by atoms with Crippen LogP contribution in [0.1, 0.15) is 16.7 Å². The summed E-state index contributed by atoms with van der Waals surface area (Å²) in [5.74, 6) is 0. The number of aromatic amines is 1. The van der Waals surface area contributed by atoms with Gasteiger partial charge in [0.05, 0.1) is 0 Å². The molecule has 2 heteroatoms. The van der Waals surface area contributed by atoms with E-state index in [1.807, 2.05) is 18.2 Å². The van der Waals surface area contributed by atoms with E-state index in [2.05, 4.69) is 42.4 Å². The molecule has 0 fully saturated rings. The summed E-state index contributed by atoms with van der Waals surface area (Å²) in [5, 5.41) is 2.00. The first kappa shape index (κ1) is 11.4. The molecular formula is C16H14ClN. The van der Waals surface area contributed by atoms with Crippen LogP contribution in [0.15, 0.2) is 48.7 Å². The molecule has 18 heavy (non-hydrogen) atoms. The summed E-state index contributed by atoms with van der Waals surface area (Å²) in [5.41, 5.74) is 5.12. The molecule has 0 radical (unpaired) electrons. The maximum absolute atomic E-state index is 6.07. The van der Waals surface area contributed by atoms with Crippen LogP contribution >= 0.6 is 11.6 Å². The summed E-state index contributed by atoms with van der Waals surface area (Å²) in [4.78, 5) is 3.30. The molecule has 90 valence electrons. The molecule has 0 saturated carbocycles. The monoisotopic (exact) mass is 255 g/mol. The van der Waals surface area contributed by atoms with E-state index >= 15 is 0 Å².